The van der Waals surface area contributed by atoms with E-state index >= 15 is 0 Å². The van der Waals surface area contributed by atoms with E-state index in [1.807, 2.05) is 0 Å². The first-order valence-electron chi connectivity index (χ1n) is 5.49. The second-order valence-corrected chi connectivity index (χ2v) is 5.74. The minimum Gasteiger partial charge on any atom is -0.480 e. The monoisotopic (exact) mass is 276 g/mol. The standard InChI is InChI=1S/C10H16N2O5S/c1-3-4-9(10(13)14)12-18(15,16)6-8-5-7(2)17-11-8/h5,9,12H,3-4,6H2,1-2H3,(H,13,14)/t9-/m0/s1. The number of nitrogens with zero attached hydrogens (tertiary/aromatic N) is 1. The van der Waals surface area contributed by atoms with Crippen LogP contribution in [-0.2, 0) is 20.6 Å². The molecule has 0 amide bonds. The summed E-state index contributed by atoms with van der Waals surface area (Å²) in [5, 5.41) is 12.4. The Hall–Kier alpha value is -1.41. The van der Waals surface area contributed by atoms with Gasteiger partial charge in [0.05, 0.1) is 0 Å². The fourth-order valence-corrected chi connectivity index (χ4v) is 2.72. The van der Waals surface area contributed by atoms with Crippen molar-refractivity contribution in [3.05, 3.63) is 17.5 Å². The molecule has 2 N–H and O–H groups in total. The van der Waals surface area contributed by atoms with Gasteiger partial charge in [0.25, 0.3) is 0 Å². The largest absolute Gasteiger partial charge is 0.480 e. The third-order valence-corrected chi connectivity index (χ3v) is 3.53. The van der Waals surface area contributed by atoms with Crippen LogP contribution in [0.1, 0.15) is 31.2 Å². The Balaban J connectivity index is 2.71. The van der Waals surface area contributed by atoms with E-state index in [0.717, 1.165) is 0 Å². The van der Waals surface area contributed by atoms with E-state index in [4.69, 9.17) is 9.63 Å². The zero-order valence-electron chi connectivity index (χ0n) is 10.2. The molecule has 0 radical (unpaired) electrons. The zero-order chi connectivity index (χ0) is 13.8. The maximum atomic E-state index is 11.7. The van der Waals surface area contributed by atoms with Crippen LogP contribution >= 0.6 is 0 Å². The highest BCUT2D eigenvalue weighted by Crippen LogP contribution is 2.07. The molecule has 18 heavy (non-hydrogen) atoms. The van der Waals surface area contributed by atoms with Crippen LogP contribution in [0, 0.1) is 6.92 Å². The first kappa shape index (κ1) is 14.7. The van der Waals surface area contributed by atoms with E-state index in [1.165, 1.54) is 6.07 Å². The van der Waals surface area contributed by atoms with Crippen molar-refractivity contribution >= 4 is 16.0 Å². The molecule has 0 saturated carbocycles. The second-order valence-electron chi connectivity index (χ2n) is 3.99. The van der Waals surface area contributed by atoms with E-state index in [-0.39, 0.29) is 12.1 Å². The van der Waals surface area contributed by atoms with Crippen molar-refractivity contribution in [3.63, 3.8) is 0 Å². The molecule has 0 aliphatic rings. The number of hydrogen-bond donors (Lipinski definition) is 2. The number of rotatable bonds is 7. The lowest BCUT2D eigenvalue weighted by atomic mass is 10.2. The highest BCUT2D eigenvalue weighted by molar-refractivity contribution is 7.88. The molecular formula is C10H16N2O5S. The Morgan fingerprint density at radius 1 is 1.61 bits per heavy atom. The van der Waals surface area contributed by atoms with Crippen LogP contribution in [0.25, 0.3) is 0 Å². The Kier molecular flexibility index (Phi) is 4.85. The lowest BCUT2D eigenvalue weighted by molar-refractivity contribution is -0.139. The SMILES string of the molecule is CCC[C@H](NS(=O)(=O)Cc1cc(C)on1)C(=O)O. The molecule has 8 heteroatoms. The van der Waals surface area contributed by atoms with Gasteiger partial charge >= 0.3 is 5.97 Å². The number of aromatic nitrogens is 1. The number of carboxylic acid groups (broad SMARTS) is 1. The highest BCUT2D eigenvalue weighted by atomic mass is 32.2. The Morgan fingerprint density at radius 3 is 2.72 bits per heavy atom. The Morgan fingerprint density at radius 2 is 2.28 bits per heavy atom. The summed E-state index contributed by atoms with van der Waals surface area (Å²) in [5.74, 6) is -1.07. The van der Waals surface area contributed by atoms with E-state index < -0.39 is 27.8 Å². The van der Waals surface area contributed by atoms with Crippen molar-refractivity contribution in [3.8, 4) is 0 Å². The summed E-state index contributed by atoms with van der Waals surface area (Å²) in [6.45, 7) is 3.43. The topological polar surface area (TPSA) is 110 Å². The van der Waals surface area contributed by atoms with Crippen molar-refractivity contribution in [1.29, 1.82) is 0 Å². The number of carboxylic acids is 1. The summed E-state index contributed by atoms with van der Waals surface area (Å²) in [6.07, 6.45) is 0.814. The molecule has 0 spiro atoms. The van der Waals surface area contributed by atoms with Crippen LogP contribution in [0.3, 0.4) is 0 Å². The maximum Gasteiger partial charge on any atom is 0.321 e. The number of nitrogens with one attached hydrogen (secondary N) is 1. The summed E-state index contributed by atoms with van der Waals surface area (Å²) >= 11 is 0. The highest BCUT2D eigenvalue weighted by Gasteiger charge is 2.24. The number of hydrogen-bond acceptors (Lipinski definition) is 5. The van der Waals surface area contributed by atoms with E-state index in [0.29, 0.717) is 12.2 Å². The number of sulfonamides is 1. The summed E-state index contributed by atoms with van der Waals surface area (Å²) in [6, 6.07) is 0.391. The van der Waals surface area contributed by atoms with Crippen LogP contribution in [0.15, 0.2) is 10.6 Å². The third-order valence-electron chi connectivity index (χ3n) is 2.21. The summed E-state index contributed by atoms with van der Waals surface area (Å²) < 4.78 is 30.4. The first-order chi connectivity index (χ1) is 8.34. The van der Waals surface area contributed by atoms with Gasteiger partial charge in [0.15, 0.2) is 0 Å². The van der Waals surface area contributed by atoms with Crippen LogP contribution in [0.5, 0.6) is 0 Å². The fraction of sp³-hybridized carbons (Fsp3) is 0.600. The van der Waals surface area contributed by atoms with Gasteiger partial charge in [-0.3, -0.25) is 4.79 Å². The molecule has 0 aliphatic carbocycles. The molecule has 1 atom stereocenters. The molecule has 0 aliphatic heterocycles. The number of carbonyl (C=O) groups is 1. The molecule has 1 aromatic rings. The second kappa shape index (κ2) is 5.96. The van der Waals surface area contributed by atoms with Gasteiger partial charge in [-0.25, -0.2) is 13.1 Å². The molecule has 102 valence electrons. The van der Waals surface area contributed by atoms with Gasteiger partial charge in [-0.1, -0.05) is 18.5 Å². The summed E-state index contributed by atoms with van der Waals surface area (Å²) in [5.41, 5.74) is 0.251. The minimum absolute atomic E-state index is 0.242. The van der Waals surface area contributed by atoms with Crippen LogP contribution in [-0.4, -0.2) is 30.7 Å². The number of aryl methyl sites for hydroxylation is 1. The molecule has 0 aromatic carbocycles. The van der Waals surface area contributed by atoms with Gasteiger partial charge in [0.1, 0.15) is 23.2 Å². The van der Waals surface area contributed by atoms with Gasteiger partial charge in [-0.15, -0.1) is 0 Å². The quantitative estimate of drug-likeness (QED) is 0.757. The van der Waals surface area contributed by atoms with Crippen molar-refractivity contribution in [2.45, 2.75) is 38.5 Å². The van der Waals surface area contributed by atoms with Gasteiger partial charge in [0.2, 0.25) is 10.0 Å². The first-order valence-corrected chi connectivity index (χ1v) is 7.14. The van der Waals surface area contributed by atoms with Crippen LogP contribution in [0.4, 0.5) is 0 Å². The van der Waals surface area contributed by atoms with E-state index in [9.17, 15) is 13.2 Å². The van der Waals surface area contributed by atoms with Gasteiger partial charge < -0.3 is 9.63 Å². The fourth-order valence-electron chi connectivity index (χ4n) is 1.46. The van der Waals surface area contributed by atoms with Crippen molar-refractivity contribution in [2.24, 2.45) is 0 Å². The molecule has 0 fully saturated rings. The predicted molar refractivity (Wildman–Crippen MR) is 63.3 cm³/mol. The van der Waals surface area contributed by atoms with Gasteiger partial charge in [-0.05, 0) is 13.3 Å². The normalized spacial score (nSPS) is 13.4. The minimum atomic E-state index is -3.74. The van der Waals surface area contributed by atoms with Crippen LogP contribution < -0.4 is 4.72 Å². The lowest BCUT2D eigenvalue weighted by Crippen LogP contribution is -2.41. The van der Waals surface area contributed by atoms with Crippen LogP contribution in [0.2, 0.25) is 0 Å². The molecule has 0 unspecified atom stereocenters. The molecule has 0 bridgehead atoms. The van der Waals surface area contributed by atoms with Crippen molar-refractivity contribution < 1.29 is 22.8 Å². The van der Waals surface area contributed by atoms with Gasteiger partial charge in [0, 0.05) is 6.07 Å². The van der Waals surface area contributed by atoms with E-state index in [1.54, 1.807) is 13.8 Å². The third kappa shape index (κ3) is 4.46. The summed E-state index contributed by atoms with van der Waals surface area (Å²) in [7, 11) is -3.74. The predicted octanol–water partition coefficient (Wildman–Crippen LogP) is 0.656. The smallest absolute Gasteiger partial charge is 0.321 e. The molecule has 1 rings (SSSR count). The summed E-state index contributed by atoms with van der Waals surface area (Å²) in [4.78, 5) is 10.9. The van der Waals surface area contributed by atoms with Crippen molar-refractivity contribution in [2.75, 3.05) is 0 Å². The van der Waals surface area contributed by atoms with Crippen molar-refractivity contribution in [1.82, 2.24) is 9.88 Å². The number of aliphatic carboxylic acids is 1. The zero-order valence-corrected chi connectivity index (χ0v) is 11.0. The maximum absolute atomic E-state index is 11.7. The Bertz CT molecular complexity index is 508. The average molecular weight is 276 g/mol. The molecular weight excluding hydrogens is 260 g/mol. The van der Waals surface area contributed by atoms with E-state index in [2.05, 4.69) is 9.88 Å². The Labute approximate surface area is 105 Å². The molecule has 7 nitrogen and oxygen atoms in total. The van der Waals surface area contributed by atoms with Gasteiger partial charge in [-0.2, -0.15) is 0 Å². The lowest BCUT2D eigenvalue weighted by Gasteiger charge is -2.12. The average Bonchev–Trinajstić information content (AvgIpc) is 2.62. The molecule has 1 heterocycles. The molecule has 1 aromatic heterocycles. The molecule has 0 saturated heterocycles.